The molecule has 0 spiro atoms. The number of aliphatic hydroxyl groups excluding tert-OH is 1. The number of aromatic amines is 1. The van der Waals surface area contributed by atoms with E-state index in [1.807, 2.05) is 13.8 Å². The zero-order valence-corrected chi connectivity index (χ0v) is 14.1. The molecule has 7 nitrogen and oxygen atoms in total. The molecule has 3 N–H and O–H groups in total. The summed E-state index contributed by atoms with van der Waals surface area (Å²) in [7, 11) is 0. The molecule has 0 aliphatic carbocycles. The van der Waals surface area contributed by atoms with Crippen LogP contribution in [0.2, 0.25) is 0 Å². The molecule has 2 atom stereocenters. The van der Waals surface area contributed by atoms with Crippen LogP contribution in [-0.4, -0.2) is 56.0 Å². The van der Waals surface area contributed by atoms with Crippen LogP contribution >= 0.6 is 11.3 Å². The molecule has 0 radical (unpaired) electrons. The number of H-pyrrole nitrogens is 1. The van der Waals surface area contributed by atoms with E-state index in [1.165, 1.54) is 0 Å². The van der Waals surface area contributed by atoms with Gasteiger partial charge in [0.2, 0.25) is 0 Å². The monoisotopic (exact) mass is 338 g/mol. The summed E-state index contributed by atoms with van der Waals surface area (Å²) >= 11 is 1.69. The molecule has 1 fully saturated rings. The predicted molar refractivity (Wildman–Crippen MR) is 87.3 cm³/mol. The lowest BCUT2D eigenvalue weighted by Crippen LogP contribution is -2.21. The topological polar surface area (TPSA) is 102 Å². The highest BCUT2D eigenvalue weighted by atomic mass is 32.1. The van der Waals surface area contributed by atoms with Gasteiger partial charge < -0.3 is 10.2 Å². The van der Waals surface area contributed by atoms with E-state index in [-0.39, 0.29) is 18.5 Å². The van der Waals surface area contributed by atoms with Gasteiger partial charge in [-0.05, 0) is 26.3 Å². The van der Waals surface area contributed by atoms with Crippen molar-refractivity contribution in [1.82, 2.24) is 20.1 Å². The van der Waals surface area contributed by atoms with E-state index in [4.69, 9.17) is 9.90 Å². The average Bonchev–Trinajstić information content (AvgIpc) is 3.15. The summed E-state index contributed by atoms with van der Waals surface area (Å²) in [6, 6.07) is 2.06. The van der Waals surface area contributed by atoms with Crippen LogP contribution in [0.5, 0.6) is 0 Å². The molecule has 0 aromatic carbocycles. The van der Waals surface area contributed by atoms with Crippen molar-refractivity contribution in [3.63, 3.8) is 0 Å². The van der Waals surface area contributed by atoms with Crippen LogP contribution in [0.15, 0.2) is 11.4 Å². The first-order valence-corrected chi connectivity index (χ1v) is 8.30. The van der Waals surface area contributed by atoms with Gasteiger partial charge in [-0.3, -0.25) is 14.8 Å². The van der Waals surface area contributed by atoms with Crippen molar-refractivity contribution >= 4 is 17.8 Å². The molecule has 1 aliphatic heterocycles. The van der Waals surface area contributed by atoms with E-state index < -0.39 is 0 Å². The van der Waals surface area contributed by atoms with Crippen LogP contribution in [0.25, 0.3) is 0 Å². The summed E-state index contributed by atoms with van der Waals surface area (Å²) in [5.74, 6) is 0.263. The Hall–Kier alpha value is -1.77. The number of thiazole rings is 1. The molecule has 3 rings (SSSR count). The normalized spacial score (nSPS) is 21.0. The third kappa shape index (κ3) is 5.12. The summed E-state index contributed by atoms with van der Waals surface area (Å²) in [6.45, 7) is 6.24. The minimum atomic E-state index is -0.270. The molecule has 2 aromatic heterocycles. The Kier molecular flexibility index (Phi) is 6.26. The molecule has 126 valence electrons. The quantitative estimate of drug-likeness (QED) is 0.725. The van der Waals surface area contributed by atoms with Crippen molar-refractivity contribution in [3.05, 3.63) is 33.5 Å². The van der Waals surface area contributed by atoms with Gasteiger partial charge in [0, 0.05) is 35.8 Å². The van der Waals surface area contributed by atoms with Gasteiger partial charge in [0.25, 0.3) is 6.47 Å². The fourth-order valence-corrected chi connectivity index (χ4v) is 3.60. The second kappa shape index (κ2) is 8.19. The van der Waals surface area contributed by atoms with Gasteiger partial charge >= 0.3 is 0 Å². The van der Waals surface area contributed by atoms with Crippen LogP contribution < -0.4 is 0 Å². The predicted octanol–water partition coefficient (Wildman–Crippen LogP) is 1.22. The molecule has 0 unspecified atom stereocenters. The highest BCUT2D eigenvalue weighted by Gasteiger charge is 2.32. The Morgan fingerprint density at radius 2 is 2.22 bits per heavy atom. The van der Waals surface area contributed by atoms with Crippen molar-refractivity contribution in [2.45, 2.75) is 32.9 Å². The summed E-state index contributed by atoms with van der Waals surface area (Å²) in [5, 5.41) is 27.5. The van der Waals surface area contributed by atoms with Crippen LogP contribution in [0.1, 0.15) is 22.1 Å². The first kappa shape index (κ1) is 17.6. The number of carboxylic acid groups (broad SMARTS) is 1. The van der Waals surface area contributed by atoms with E-state index in [9.17, 15) is 5.11 Å². The van der Waals surface area contributed by atoms with Crippen molar-refractivity contribution in [2.75, 3.05) is 13.1 Å². The van der Waals surface area contributed by atoms with E-state index in [1.54, 1.807) is 11.3 Å². The molecule has 0 amide bonds. The Balaban J connectivity index is 0.000000595. The van der Waals surface area contributed by atoms with Crippen LogP contribution in [0.4, 0.5) is 0 Å². The molecule has 3 heterocycles. The highest BCUT2D eigenvalue weighted by molar-refractivity contribution is 7.09. The van der Waals surface area contributed by atoms with Gasteiger partial charge in [0.1, 0.15) is 5.01 Å². The fraction of sp³-hybridized carbons (Fsp3) is 0.533. The third-order valence-electron chi connectivity index (χ3n) is 3.74. The SMILES string of the molecule is Cc1csc(CN2C[C@@H](Cc3cc(C)[nH]n3)[C@H](O)C2)n1.O=CO. The summed E-state index contributed by atoms with van der Waals surface area (Å²) in [4.78, 5) is 15.1. The van der Waals surface area contributed by atoms with Crippen LogP contribution in [0.3, 0.4) is 0 Å². The summed E-state index contributed by atoms with van der Waals surface area (Å²) in [6.07, 6.45) is 0.562. The molecule has 0 saturated carbocycles. The number of aliphatic hydroxyl groups is 1. The lowest BCUT2D eigenvalue weighted by molar-refractivity contribution is -0.122. The number of rotatable bonds is 4. The van der Waals surface area contributed by atoms with E-state index in [0.717, 1.165) is 48.1 Å². The number of likely N-dealkylation sites (tertiary alicyclic amines) is 1. The average molecular weight is 338 g/mol. The van der Waals surface area contributed by atoms with Gasteiger partial charge in [-0.25, -0.2) is 4.98 Å². The molecule has 2 aromatic rings. The van der Waals surface area contributed by atoms with Gasteiger partial charge in [0.15, 0.2) is 0 Å². The molecule has 1 aliphatic rings. The Morgan fingerprint density at radius 3 is 2.78 bits per heavy atom. The number of nitrogens with one attached hydrogen (secondary N) is 1. The zero-order valence-electron chi connectivity index (χ0n) is 13.3. The highest BCUT2D eigenvalue weighted by Crippen LogP contribution is 2.23. The maximum absolute atomic E-state index is 10.2. The molecule has 0 bridgehead atoms. The van der Waals surface area contributed by atoms with Gasteiger partial charge in [-0.2, -0.15) is 5.10 Å². The third-order valence-corrected chi connectivity index (χ3v) is 4.69. The number of aryl methyl sites for hydroxylation is 2. The molecule has 23 heavy (non-hydrogen) atoms. The molecule has 8 heteroatoms. The Morgan fingerprint density at radius 1 is 1.48 bits per heavy atom. The number of carbonyl (C=O) groups is 1. The second-order valence-electron chi connectivity index (χ2n) is 5.76. The standard InChI is InChI=1S/C14H20N4OS.CH2O2/c1-9-3-12(17-16-9)4-11-5-18(6-13(11)19)7-14-15-10(2)8-20-14;2-1-3/h3,8,11,13,19H,4-7H2,1-2H3,(H,16,17);1H,(H,2,3)/t11-,13-;/m1./s1. The van der Waals surface area contributed by atoms with Crippen molar-refractivity contribution in [3.8, 4) is 0 Å². The number of aromatic nitrogens is 3. The van der Waals surface area contributed by atoms with Crippen LogP contribution in [0, 0.1) is 19.8 Å². The Labute approximate surface area is 139 Å². The maximum atomic E-state index is 10.2. The number of β-amino-alcohol motifs (C(OH)–C–C–N with tert-alkyl or cyclic N) is 1. The molecular formula is C15H22N4O3S. The van der Waals surface area contributed by atoms with Crippen molar-refractivity contribution in [2.24, 2.45) is 5.92 Å². The molecular weight excluding hydrogens is 316 g/mol. The van der Waals surface area contributed by atoms with Crippen molar-refractivity contribution < 1.29 is 15.0 Å². The van der Waals surface area contributed by atoms with E-state index in [2.05, 4.69) is 31.5 Å². The van der Waals surface area contributed by atoms with E-state index >= 15 is 0 Å². The van der Waals surface area contributed by atoms with Gasteiger partial charge in [0.05, 0.1) is 18.3 Å². The zero-order chi connectivity index (χ0) is 16.8. The second-order valence-corrected chi connectivity index (χ2v) is 6.70. The van der Waals surface area contributed by atoms with Crippen LogP contribution in [-0.2, 0) is 17.8 Å². The first-order chi connectivity index (χ1) is 11.0. The first-order valence-electron chi connectivity index (χ1n) is 7.42. The van der Waals surface area contributed by atoms with E-state index in [0.29, 0.717) is 0 Å². The minimum Gasteiger partial charge on any atom is -0.483 e. The molecule has 1 saturated heterocycles. The van der Waals surface area contributed by atoms with Gasteiger partial charge in [-0.1, -0.05) is 0 Å². The summed E-state index contributed by atoms with van der Waals surface area (Å²) < 4.78 is 0. The smallest absolute Gasteiger partial charge is 0.290 e. The maximum Gasteiger partial charge on any atom is 0.290 e. The number of hydrogen-bond donors (Lipinski definition) is 3. The minimum absolute atomic E-state index is 0.250. The lowest BCUT2D eigenvalue weighted by atomic mass is 10.0. The Bertz CT molecular complexity index is 628. The van der Waals surface area contributed by atoms with Crippen molar-refractivity contribution in [1.29, 1.82) is 0 Å². The fourth-order valence-electron chi connectivity index (χ4n) is 2.79. The largest absolute Gasteiger partial charge is 0.483 e. The van der Waals surface area contributed by atoms with Gasteiger partial charge in [-0.15, -0.1) is 11.3 Å². The summed E-state index contributed by atoms with van der Waals surface area (Å²) in [5.41, 5.74) is 3.19. The number of nitrogens with zero attached hydrogens (tertiary/aromatic N) is 3. The number of hydrogen-bond acceptors (Lipinski definition) is 6. The lowest BCUT2D eigenvalue weighted by Gasteiger charge is -2.13.